The monoisotopic (exact) mass is 409 g/mol. The van der Waals surface area contributed by atoms with Gasteiger partial charge in [-0.1, -0.05) is 41.6 Å². The molecule has 2 heterocycles. The van der Waals surface area contributed by atoms with Crippen LogP contribution in [0.5, 0.6) is 0 Å². The van der Waals surface area contributed by atoms with Crippen LogP contribution < -0.4 is 0 Å². The van der Waals surface area contributed by atoms with E-state index >= 15 is 0 Å². The van der Waals surface area contributed by atoms with Crippen molar-refractivity contribution in [1.29, 1.82) is 0 Å². The van der Waals surface area contributed by atoms with E-state index in [-0.39, 0.29) is 0 Å². The minimum Gasteiger partial charge on any atom is -0.467 e. The molecule has 0 N–H and O–H groups in total. The normalized spacial score (nSPS) is 11.1. The quantitative estimate of drug-likeness (QED) is 0.358. The highest BCUT2D eigenvalue weighted by Gasteiger charge is 2.16. The van der Waals surface area contributed by atoms with Gasteiger partial charge in [0.05, 0.1) is 12.8 Å². The third-order valence-electron chi connectivity index (χ3n) is 4.65. The van der Waals surface area contributed by atoms with E-state index in [2.05, 4.69) is 46.8 Å². The molecule has 0 fully saturated rings. The SMILES string of the molecule is Cc1ccc(CSc2nnc(-c3ccc(Cl)cc3)n2Cc2ccco2)cc1C. The summed E-state index contributed by atoms with van der Waals surface area (Å²) in [6, 6.07) is 18.1. The van der Waals surface area contributed by atoms with Crippen LogP contribution in [0.2, 0.25) is 5.02 Å². The number of rotatable bonds is 6. The highest BCUT2D eigenvalue weighted by Crippen LogP contribution is 2.28. The number of benzene rings is 2. The van der Waals surface area contributed by atoms with Crippen LogP contribution in [0.1, 0.15) is 22.5 Å². The van der Waals surface area contributed by atoms with Crippen molar-refractivity contribution >= 4 is 23.4 Å². The molecule has 0 atom stereocenters. The Kier molecular flexibility index (Phi) is 5.55. The summed E-state index contributed by atoms with van der Waals surface area (Å²) in [6.45, 7) is 4.85. The summed E-state index contributed by atoms with van der Waals surface area (Å²) in [6.07, 6.45) is 1.68. The van der Waals surface area contributed by atoms with Crippen molar-refractivity contribution in [2.75, 3.05) is 0 Å². The maximum atomic E-state index is 6.04. The first kappa shape index (κ1) is 18.8. The Morgan fingerprint density at radius 3 is 2.54 bits per heavy atom. The van der Waals surface area contributed by atoms with Gasteiger partial charge < -0.3 is 4.42 Å². The van der Waals surface area contributed by atoms with Gasteiger partial charge in [-0.15, -0.1) is 10.2 Å². The van der Waals surface area contributed by atoms with Gasteiger partial charge in [-0.05, 0) is 66.9 Å². The topological polar surface area (TPSA) is 43.9 Å². The molecule has 0 aliphatic carbocycles. The smallest absolute Gasteiger partial charge is 0.192 e. The Bertz CT molecular complexity index is 1070. The second kappa shape index (κ2) is 8.25. The van der Waals surface area contributed by atoms with Gasteiger partial charge in [-0.2, -0.15) is 0 Å². The Morgan fingerprint density at radius 2 is 1.82 bits per heavy atom. The zero-order valence-electron chi connectivity index (χ0n) is 15.7. The summed E-state index contributed by atoms with van der Waals surface area (Å²) >= 11 is 7.72. The first-order chi connectivity index (χ1) is 13.6. The molecule has 2 aromatic carbocycles. The molecule has 0 unspecified atom stereocenters. The number of aryl methyl sites for hydroxylation is 2. The largest absolute Gasteiger partial charge is 0.467 e. The van der Waals surface area contributed by atoms with Crippen molar-refractivity contribution in [3.05, 3.63) is 88.3 Å². The Morgan fingerprint density at radius 1 is 1.00 bits per heavy atom. The Balaban J connectivity index is 1.64. The van der Waals surface area contributed by atoms with Crippen molar-refractivity contribution in [1.82, 2.24) is 14.8 Å². The summed E-state index contributed by atoms with van der Waals surface area (Å²) in [7, 11) is 0. The molecule has 4 rings (SSSR count). The molecular formula is C22H20ClN3OS. The number of hydrogen-bond acceptors (Lipinski definition) is 4. The predicted molar refractivity (Wildman–Crippen MR) is 114 cm³/mol. The lowest BCUT2D eigenvalue weighted by Crippen LogP contribution is -2.03. The van der Waals surface area contributed by atoms with Crippen LogP contribution in [0.4, 0.5) is 0 Å². The van der Waals surface area contributed by atoms with Crippen molar-refractivity contribution in [3.8, 4) is 11.4 Å². The second-order valence-electron chi connectivity index (χ2n) is 6.69. The van der Waals surface area contributed by atoms with Crippen molar-refractivity contribution in [3.63, 3.8) is 0 Å². The minimum absolute atomic E-state index is 0.577. The minimum atomic E-state index is 0.577. The molecule has 0 saturated heterocycles. The lowest BCUT2D eigenvalue weighted by Gasteiger charge is -2.09. The highest BCUT2D eigenvalue weighted by molar-refractivity contribution is 7.98. The molecule has 0 saturated carbocycles. The summed E-state index contributed by atoms with van der Waals surface area (Å²) in [5.41, 5.74) is 4.85. The zero-order chi connectivity index (χ0) is 19.5. The van der Waals surface area contributed by atoms with E-state index in [1.807, 2.05) is 36.4 Å². The molecule has 142 valence electrons. The molecule has 0 aliphatic rings. The van der Waals surface area contributed by atoms with Gasteiger partial charge in [0.15, 0.2) is 11.0 Å². The van der Waals surface area contributed by atoms with Crippen LogP contribution in [-0.2, 0) is 12.3 Å². The van der Waals surface area contributed by atoms with Crippen LogP contribution >= 0.6 is 23.4 Å². The summed E-state index contributed by atoms with van der Waals surface area (Å²) in [5, 5.41) is 10.5. The predicted octanol–water partition coefficient (Wildman–Crippen LogP) is 6.15. The molecular weight excluding hydrogens is 390 g/mol. The van der Waals surface area contributed by atoms with Crippen molar-refractivity contribution in [2.24, 2.45) is 0 Å². The van der Waals surface area contributed by atoms with Crippen LogP contribution in [0, 0.1) is 13.8 Å². The molecule has 4 aromatic rings. The van der Waals surface area contributed by atoms with Gasteiger partial charge in [0.25, 0.3) is 0 Å². The number of thioether (sulfide) groups is 1. The van der Waals surface area contributed by atoms with E-state index in [9.17, 15) is 0 Å². The number of hydrogen-bond donors (Lipinski definition) is 0. The zero-order valence-corrected chi connectivity index (χ0v) is 17.3. The number of aromatic nitrogens is 3. The van der Waals surface area contributed by atoms with E-state index in [1.54, 1.807) is 18.0 Å². The molecule has 4 nitrogen and oxygen atoms in total. The fourth-order valence-electron chi connectivity index (χ4n) is 2.95. The van der Waals surface area contributed by atoms with Gasteiger partial charge in [-0.25, -0.2) is 0 Å². The highest BCUT2D eigenvalue weighted by atomic mass is 35.5. The maximum Gasteiger partial charge on any atom is 0.192 e. The average Bonchev–Trinajstić information content (AvgIpc) is 3.34. The summed E-state index contributed by atoms with van der Waals surface area (Å²) in [4.78, 5) is 0. The maximum absolute atomic E-state index is 6.04. The van der Waals surface area contributed by atoms with Gasteiger partial charge in [0, 0.05) is 16.3 Å². The van der Waals surface area contributed by atoms with Crippen molar-refractivity contribution < 1.29 is 4.42 Å². The van der Waals surface area contributed by atoms with E-state index in [0.717, 1.165) is 28.1 Å². The van der Waals surface area contributed by atoms with Crippen LogP contribution in [0.25, 0.3) is 11.4 Å². The molecule has 0 aliphatic heterocycles. The van der Waals surface area contributed by atoms with E-state index < -0.39 is 0 Å². The first-order valence-electron chi connectivity index (χ1n) is 9.00. The standard InChI is InChI=1S/C22H20ClN3OS/c1-15-5-6-17(12-16(15)2)14-28-22-25-24-21(18-7-9-19(23)10-8-18)26(22)13-20-4-3-11-27-20/h3-12H,13-14H2,1-2H3. The van der Waals surface area contributed by atoms with Crippen LogP contribution in [0.3, 0.4) is 0 Å². The Labute approximate surface area is 173 Å². The summed E-state index contributed by atoms with van der Waals surface area (Å²) < 4.78 is 7.65. The number of nitrogens with zero attached hydrogens (tertiary/aromatic N) is 3. The molecule has 28 heavy (non-hydrogen) atoms. The fourth-order valence-corrected chi connectivity index (χ4v) is 3.96. The van der Waals surface area contributed by atoms with E-state index in [1.165, 1.54) is 16.7 Å². The molecule has 0 radical (unpaired) electrons. The average molecular weight is 410 g/mol. The molecule has 0 spiro atoms. The first-order valence-corrected chi connectivity index (χ1v) is 10.4. The van der Waals surface area contributed by atoms with Gasteiger partial charge in [0.1, 0.15) is 5.76 Å². The third-order valence-corrected chi connectivity index (χ3v) is 5.94. The van der Waals surface area contributed by atoms with E-state index in [0.29, 0.717) is 11.6 Å². The molecule has 2 aromatic heterocycles. The van der Waals surface area contributed by atoms with Gasteiger partial charge in [0.2, 0.25) is 0 Å². The van der Waals surface area contributed by atoms with Crippen LogP contribution in [0.15, 0.2) is 70.4 Å². The molecule has 6 heteroatoms. The van der Waals surface area contributed by atoms with E-state index in [4.69, 9.17) is 16.0 Å². The van der Waals surface area contributed by atoms with Crippen LogP contribution in [-0.4, -0.2) is 14.8 Å². The number of halogens is 1. The van der Waals surface area contributed by atoms with Gasteiger partial charge in [-0.3, -0.25) is 4.57 Å². The Hall–Kier alpha value is -2.50. The fraction of sp³-hybridized carbons (Fsp3) is 0.182. The molecule has 0 amide bonds. The lowest BCUT2D eigenvalue weighted by molar-refractivity contribution is 0.485. The second-order valence-corrected chi connectivity index (χ2v) is 8.06. The van der Waals surface area contributed by atoms with Gasteiger partial charge >= 0.3 is 0 Å². The number of furan rings is 1. The third kappa shape index (κ3) is 4.16. The lowest BCUT2D eigenvalue weighted by atomic mass is 10.1. The van der Waals surface area contributed by atoms with Crippen molar-refractivity contribution in [2.45, 2.75) is 31.3 Å². The summed E-state index contributed by atoms with van der Waals surface area (Å²) in [5.74, 6) is 2.50. The molecule has 0 bridgehead atoms.